The fourth-order valence-corrected chi connectivity index (χ4v) is 3.91. The third-order valence-corrected chi connectivity index (χ3v) is 5.44. The number of piperidine rings is 1. The molecule has 2 aliphatic rings. The zero-order valence-electron chi connectivity index (χ0n) is 15.9. The zero-order chi connectivity index (χ0) is 18.9. The fourth-order valence-electron chi connectivity index (χ4n) is 3.91. The van der Waals surface area contributed by atoms with Crippen molar-refractivity contribution in [1.82, 2.24) is 34.7 Å². The summed E-state index contributed by atoms with van der Waals surface area (Å²) in [6, 6.07) is 3.24. The molecule has 9 heteroatoms. The summed E-state index contributed by atoms with van der Waals surface area (Å²) in [4.78, 5) is 26.7. The first-order chi connectivity index (χ1) is 13.8. The molecular formula is C19H23N9. The molecule has 1 aliphatic heterocycles. The Labute approximate surface area is 163 Å². The second-order valence-electron chi connectivity index (χ2n) is 7.45. The van der Waals surface area contributed by atoms with Gasteiger partial charge in [0, 0.05) is 36.9 Å². The van der Waals surface area contributed by atoms with E-state index >= 15 is 0 Å². The van der Waals surface area contributed by atoms with Crippen LogP contribution in [0.15, 0.2) is 37.4 Å². The molecule has 0 aromatic carbocycles. The van der Waals surface area contributed by atoms with Gasteiger partial charge in [0.05, 0.1) is 12.4 Å². The first-order valence-electron chi connectivity index (χ1n) is 9.77. The molecule has 0 bridgehead atoms. The van der Waals surface area contributed by atoms with Crippen LogP contribution in [0.4, 0.5) is 11.6 Å². The molecule has 3 aromatic rings. The Morgan fingerprint density at radius 2 is 1.71 bits per heavy atom. The van der Waals surface area contributed by atoms with Gasteiger partial charge in [-0.1, -0.05) is 0 Å². The highest BCUT2D eigenvalue weighted by molar-refractivity contribution is 5.45. The van der Waals surface area contributed by atoms with Crippen molar-refractivity contribution in [2.24, 2.45) is 0 Å². The van der Waals surface area contributed by atoms with Gasteiger partial charge in [-0.2, -0.15) is 5.10 Å². The Morgan fingerprint density at radius 3 is 2.43 bits per heavy atom. The van der Waals surface area contributed by atoms with E-state index in [2.05, 4.69) is 40.9 Å². The lowest BCUT2D eigenvalue weighted by Gasteiger charge is -2.39. The average molecular weight is 377 g/mol. The lowest BCUT2D eigenvalue weighted by Crippen LogP contribution is -2.46. The predicted octanol–water partition coefficient (Wildman–Crippen LogP) is 1.79. The minimum atomic E-state index is 0.504. The van der Waals surface area contributed by atoms with Crippen molar-refractivity contribution < 1.29 is 0 Å². The van der Waals surface area contributed by atoms with Gasteiger partial charge < -0.3 is 9.80 Å². The second kappa shape index (κ2) is 7.14. The Morgan fingerprint density at radius 1 is 0.929 bits per heavy atom. The van der Waals surface area contributed by atoms with E-state index < -0.39 is 0 Å². The Kier molecular flexibility index (Phi) is 4.34. The van der Waals surface area contributed by atoms with Crippen molar-refractivity contribution >= 4 is 11.6 Å². The number of hydrogen-bond donors (Lipinski definition) is 0. The van der Waals surface area contributed by atoms with Crippen molar-refractivity contribution in [2.75, 3.05) is 22.9 Å². The third kappa shape index (κ3) is 3.39. The van der Waals surface area contributed by atoms with E-state index in [0.29, 0.717) is 17.9 Å². The van der Waals surface area contributed by atoms with Crippen LogP contribution >= 0.6 is 0 Å². The molecule has 9 nitrogen and oxygen atoms in total. The van der Waals surface area contributed by atoms with Crippen LogP contribution in [0.25, 0.3) is 5.82 Å². The van der Waals surface area contributed by atoms with E-state index in [0.717, 1.165) is 43.3 Å². The number of rotatable bonds is 5. The first-order valence-corrected chi connectivity index (χ1v) is 9.77. The SMILES string of the molecule is Cc1cc(N(C2CC2)C2CCN(c3cncc(-n4cncn4)n3)CC2)ncn1. The molecular weight excluding hydrogens is 354 g/mol. The lowest BCUT2D eigenvalue weighted by atomic mass is 10.0. The van der Waals surface area contributed by atoms with Gasteiger partial charge in [0.15, 0.2) is 5.82 Å². The molecule has 0 spiro atoms. The van der Waals surface area contributed by atoms with Crippen LogP contribution in [0.1, 0.15) is 31.4 Å². The first kappa shape index (κ1) is 17.0. The molecule has 4 heterocycles. The largest absolute Gasteiger partial charge is 0.355 e. The van der Waals surface area contributed by atoms with Crippen LogP contribution in [0.5, 0.6) is 0 Å². The van der Waals surface area contributed by atoms with Crippen molar-refractivity contribution in [1.29, 1.82) is 0 Å². The minimum absolute atomic E-state index is 0.504. The van der Waals surface area contributed by atoms with Crippen LogP contribution in [0.3, 0.4) is 0 Å². The summed E-state index contributed by atoms with van der Waals surface area (Å²) < 4.78 is 1.63. The number of anilines is 2. The van der Waals surface area contributed by atoms with Gasteiger partial charge >= 0.3 is 0 Å². The number of aromatic nitrogens is 7. The van der Waals surface area contributed by atoms with Crippen LogP contribution in [0.2, 0.25) is 0 Å². The van der Waals surface area contributed by atoms with Crippen LogP contribution < -0.4 is 9.80 Å². The molecule has 0 N–H and O–H groups in total. The molecule has 1 saturated carbocycles. The van der Waals surface area contributed by atoms with Gasteiger partial charge in [-0.05, 0) is 32.6 Å². The van der Waals surface area contributed by atoms with E-state index in [1.165, 1.54) is 19.2 Å². The van der Waals surface area contributed by atoms with Crippen LogP contribution in [-0.2, 0) is 0 Å². The maximum Gasteiger partial charge on any atom is 0.175 e. The zero-order valence-corrected chi connectivity index (χ0v) is 15.9. The van der Waals surface area contributed by atoms with Crippen molar-refractivity contribution in [2.45, 2.75) is 44.7 Å². The standard InChI is InChI=1S/C19H23N9/c1-14-8-17(23-12-22-14)28(15-2-3-15)16-4-6-26(7-5-16)18-9-20-10-19(25-18)27-13-21-11-24-27/h8-13,15-16H,2-7H2,1H3. The summed E-state index contributed by atoms with van der Waals surface area (Å²) in [6.07, 6.45) is 13.0. The minimum Gasteiger partial charge on any atom is -0.355 e. The molecule has 28 heavy (non-hydrogen) atoms. The smallest absolute Gasteiger partial charge is 0.175 e. The molecule has 3 aromatic heterocycles. The molecule has 2 fully saturated rings. The highest BCUT2D eigenvalue weighted by Crippen LogP contribution is 2.35. The number of nitrogens with zero attached hydrogens (tertiary/aromatic N) is 9. The topological polar surface area (TPSA) is 88.8 Å². The maximum atomic E-state index is 4.72. The monoisotopic (exact) mass is 377 g/mol. The van der Waals surface area contributed by atoms with E-state index in [-0.39, 0.29) is 0 Å². The van der Waals surface area contributed by atoms with Crippen molar-refractivity contribution in [3.05, 3.63) is 43.1 Å². The molecule has 0 unspecified atom stereocenters. The van der Waals surface area contributed by atoms with E-state index in [1.54, 1.807) is 23.5 Å². The van der Waals surface area contributed by atoms with Gasteiger partial charge in [0.2, 0.25) is 0 Å². The quantitative estimate of drug-likeness (QED) is 0.665. The Balaban J connectivity index is 1.30. The van der Waals surface area contributed by atoms with Gasteiger partial charge in [-0.25, -0.2) is 24.6 Å². The predicted molar refractivity (Wildman–Crippen MR) is 104 cm³/mol. The Bertz CT molecular complexity index is 930. The van der Waals surface area contributed by atoms with Gasteiger partial charge in [-0.15, -0.1) is 0 Å². The molecule has 1 aliphatic carbocycles. The summed E-state index contributed by atoms with van der Waals surface area (Å²) in [7, 11) is 0. The van der Waals surface area contributed by atoms with E-state index in [1.807, 2.05) is 13.1 Å². The molecule has 0 radical (unpaired) electrons. The summed E-state index contributed by atoms with van der Waals surface area (Å²) in [5, 5.41) is 4.14. The summed E-state index contributed by atoms with van der Waals surface area (Å²) >= 11 is 0. The summed E-state index contributed by atoms with van der Waals surface area (Å²) in [6.45, 7) is 3.93. The number of hydrogen-bond acceptors (Lipinski definition) is 8. The normalized spacial score (nSPS) is 17.7. The summed E-state index contributed by atoms with van der Waals surface area (Å²) in [5.41, 5.74) is 1.02. The van der Waals surface area contributed by atoms with Crippen LogP contribution in [0, 0.1) is 6.92 Å². The number of aryl methyl sites for hydroxylation is 1. The highest BCUT2D eigenvalue weighted by atomic mass is 15.4. The van der Waals surface area contributed by atoms with E-state index in [9.17, 15) is 0 Å². The van der Waals surface area contributed by atoms with Crippen molar-refractivity contribution in [3.8, 4) is 5.82 Å². The molecule has 0 amide bonds. The molecule has 1 saturated heterocycles. The molecule has 5 rings (SSSR count). The van der Waals surface area contributed by atoms with E-state index in [4.69, 9.17) is 4.98 Å². The van der Waals surface area contributed by atoms with Gasteiger partial charge in [-0.3, -0.25) is 4.98 Å². The summed E-state index contributed by atoms with van der Waals surface area (Å²) in [5.74, 6) is 2.65. The fraction of sp³-hybridized carbons (Fsp3) is 0.474. The lowest BCUT2D eigenvalue weighted by molar-refractivity contribution is 0.457. The second-order valence-corrected chi connectivity index (χ2v) is 7.45. The average Bonchev–Trinajstić information content (AvgIpc) is 3.40. The molecule has 0 atom stereocenters. The third-order valence-electron chi connectivity index (χ3n) is 5.44. The van der Waals surface area contributed by atoms with Crippen LogP contribution in [-0.4, -0.2) is 59.9 Å². The Hall–Kier alpha value is -3.10. The molecule has 144 valence electrons. The van der Waals surface area contributed by atoms with Gasteiger partial charge in [0.1, 0.15) is 30.6 Å². The highest BCUT2D eigenvalue weighted by Gasteiger charge is 2.36. The van der Waals surface area contributed by atoms with Crippen molar-refractivity contribution in [3.63, 3.8) is 0 Å². The maximum absolute atomic E-state index is 4.72. The van der Waals surface area contributed by atoms with Gasteiger partial charge in [0.25, 0.3) is 0 Å².